The molecule has 28 heavy (non-hydrogen) atoms. The number of hydrogen-bond acceptors (Lipinski definition) is 5. The minimum atomic E-state index is -0.433. The van der Waals surface area contributed by atoms with Gasteiger partial charge in [-0.3, -0.25) is 4.79 Å². The van der Waals surface area contributed by atoms with Gasteiger partial charge in [0.15, 0.2) is 11.5 Å². The molecule has 1 aromatic carbocycles. The highest BCUT2D eigenvalue weighted by molar-refractivity contribution is 6.07. The van der Waals surface area contributed by atoms with Gasteiger partial charge in [0.2, 0.25) is 0 Å². The van der Waals surface area contributed by atoms with Gasteiger partial charge in [-0.25, -0.2) is 0 Å². The van der Waals surface area contributed by atoms with Gasteiger partial charge in [-0.1, -0.05) is 33.3 Å². The molecule has 1 unspecified atom stereocenters. The summed E-state index contributed by atoms with van der Waals surface area (Å²) in [7, 11) is 1.41. The molecule has 5 heteroatoms. The Morgan fingerprint density at radius 2 is 1.89 bits per heavy atom. The van der Waals surface area contributed by atoms with E-state index in [0.29, 0.717) is 31.3 Å². The number of allylic oxidation sites excluding steroid dienone is 1. The molecule has 0 fully saturated rings. The molecule has 1 heterocycles. The smallest absolute Gasteiger partial charge is 0.313 e. The second kappa shape index (κ2) is 10.3. The molecule has 1 aliphatic rings. The number of carbonyl (C=O) groups excluding carboxylic acids is 1. The summed E-state index contributed by atoms with van der Waals surface area (Å²) < 4.78 is 16.7. The van der Waals surface area contributed by atoms with E-state index in [0.717, 1.165) is 47.5 Å². The minimum absolute atomic E-state index is 0.279. The Hall–Kier alpha value is -2.30. The fourth-order valence-electron chi connectivity index (χ4n) is 3.65. The number of methoxy groups -OCH3 is 1. The fraction of sp³-hybridized carbons (Fsp3) is 0.565. The van der Waals surface area contributed by atoms with Crippen LogP contribution < -0.4 is 9.47 Å². The first-order chi connectivity index (χ1) is 13.4. The van der Waals surface area contributed by atoms with E-state index >= 15 is 0 Å². The lowest BCUT2D eigenvalue weighted by atomic mass is 9.82. The lowest BCUT2D eigenvalue weighted by molar-refractivity contribution is -0.144. The van der Waals surface area contributed by atoms with E-state index in [1.54, 1.807) is 6.92 Å². The summed E-state index contributed by atoms with van der Waals surface area (Å²) in [4.78, 5) is 12.5. The number of rotatable bonds is 8. The average molecular weight is 388 g/mol. The summed E-state index contributed by atoms with van der Waals surface area (Å²) in [6.07, 6.45) is 3.11. The lowest BCUT2D eigenvalue weighted by Gasteiger charge is -2.24. The summed E-state index contributed by atoms with van der Waals surface area (Å²) in [5.74, 6) is 1.14. The van der Waals surface area contributed by atoms with Crippen molar-refractivity contribution in [1.29, 1.82) is 5.41 Å². The number of hydrogen-bond donors (Lipinski definition) is 1. The normalized spacial score (nSPS) is 15.5. The molecular weight excluding hydrogens is 354 g/mol. The van der Waals surface area contributed by atoms with E-state index in [1.807, 2.05) is 25.1 Å². The number of benzene rings is 1. The van der Waals surface area contributed by atoms with Crippen LogP contribution in [0.4, 0.5) is 0 Å². The molecule has 1 N–H and O–H groups in total. The Bertz CT molecular complexity index is 736. The number of nitrogens with one attached hydrogen (secondary N) is 1. The van der Waals surface area contributed by atoms with Gasteiger partial charge in [-0.05, 0) is 54.5 Å². The molecule has 0 spiro atoms. The number of fused-ring (bicyclic) bond motifs is 1. The van der Waals surface area contributed by atoms with Gasteiger partial charge in [0.25, 0.3) is 0 Å². The number of carbonyl (C=O) groups is 1. The molecule has 0 saturated carbocycles. The number of ether oxygens (including phenoxy) is 3. The van der Waals surface area contributed by atoms with Crippen molar-refractivity contribution in [3.05, 3.63) is 29.3 Å². The molecule has 0 aliphatic carbocycles. The molecule has 1 aromatic rings. The predicted octanol–water partition coefficient (Wildman–Crippen LogP) is 5.28. The fourth-order valence-corrected chi connectivity index (χ4v) is 3.65. The van der Waals surface area contributed by atoms with Crippen molar-refractivity contribution in [3.63, 3.8) is 0 Å². The quantitative estimate of drug-likeness (QED) is 0.487. The Morgan fingerprint density at radius 1 is 1.21 bits per heavy atom. The first-order valence-electron chi connectivity index (χ1n) is 10.1. The molecule has 0 amide bonds. The van der Waals surface area contributed by atoms with Crippen molar-refractivity contribution in [2.75, 3.05) is 20.3 Å². The van der Waals surface area contributed by atoms with E-state index < -0.39 is 5.92 Å². The lowest BCUT2D eigenvalue weighted by Crippen LogP contribution is -2.23. The second-order valence-corrected chi connectivity index (χ2v) is 7.69. The van der Waals surface area contributed by atoms with Crippen LogP contribution in [-0.2, 0) is 9.53 Å². The number of esters is 1. The zero-order valence-electron chi connectivity index (χ0n) is 17.8. The van der Waals surface area contributed by atoms with Gasteiger partial charge >= 0.3 is 5.97 Å². The molecule has 0 saturated heterocycles. The zero-order valence-corrected chi connectivity index (χ0v) is 17.8. The van der Waals surface area contributed by atoms with Crippen LogP contribution in [0, 0.1) is 17.2 Å². The molecule has 154 valence electrons. The Kier molecular flexibility index (Phi) is 8.09. The molecule has 5 nitrogen and oxygen atoms in total. The zero-order chi connectivity index (χ0) is 20.7. The van der Waals surface area contributed by atoms with Crippen LogP contribution >= 0.6 is 0 Å². The summed E-state index contributed by atoms with van der Waals surface area (Å²) in [6, 6.07) is 5.93. The topological polar surface area (TPSA) is 68.6 Å². The van der Waals surface area contributed by atoms with Gasteiger partial charge in [0.1, 0.15) is 0 Å². The van der Waals surface area contributed by atoms with Gasteiger partial charge in [0.05, 0.1) is 26.2 Å². The Balaban J connectivity index is 2.64. The van der Waals surface area contributed by atoms with Gasteiger partial charge in [-0.2, -0.15) is 0 Å². The van der Waals surface area contributed by atoms with Crippen LogP contribution in [0.5, 0.6) is 11.5 Å². The summed E-state index contributed by atoms with van der Waals surface area (Å²) in [5.41, 5.74) is 3.18. The molecule has 0 radical (unpaired) electrons. The maximum Gasteiger partial charge on any atom is 0.313 e. The van der Waals surface area contributed by atoms with Crippen LogP contribution in [-0.4, -0.2) is 32.0 Å². The van der Waals surface area contributed by atoms with E-state index in [-0.39, 0.29) is 5.97 Å². The molecule has 0 bridgehead atoms. The highest BCUT2D eigenvalue weighted by Gasteiger charge is 2.28. The third-order valence-electron chi connectivity index (χ3n) is 4.85. The molecule has 0 aromatic heterocycles. The molecule has 2 rings (SSSR count). The summed E-state index contributed by atoms with van der Waals surface area (Å²) in [6.45, 7) is 9.36. The van der Waals surface area contributed by atoms with Gasteiger partial charge < -0.3 is 19.6 Å². The van der Waals surface area contributed by atoms with Crippen molar-refractivity contribution in [1.82, 2.24) is 0 Å². The highest BCUT2D eigenvalue weighted by Crippen LogP contribution is 2.38. The third kappa shape index (κ3) is 5.37. The first-order valence-corrected chi connectivity index (χ1v) is 10.1. The highest BCUT2D eigenvalue weighted by atomic mass is 16.5. The molecule has 1 aliphatic heterocycles. The van der Waals surface area contributed by atoms with Crippen LogP contribution in [0.3, 0.4) is 0 Å². The maximum atomic E-state index is 12.5. The molecule has 1 atom stereocenters. The molecular formula is C23H33NO4. The van der Waals surface area contributed by atoms with Crippen molar-refractivity contribution >= 4 is 17.3 Å². The standard InChI is InChI=1S/C23H33NO4/c1-6-8-18(23(25)26-5)22(16(4)24)19(13-15(2)3)17-9-10-20-21(14-17)28-12-7-11-27-20/h9-10,14-15,18,24H,6-8,11-13H2,1-5H3. The van der Waals surface area contributed by atoms with Crippen molar-refractivity contribution < 1.29 is 19.0 Å². The summed E-state index contributed by atoms with van der Waals surface area (Å²) >= 11 is 0. The average Bonchev–Trinajstić information content (AvgIpc) is 2.90. The maximum absolute atomic E-state index is 12.5. The largest absolute Gasteiger partial charge is 0.490 e. The predicted molar refractivity (Wildman–Crippen MR) is 112 cm³/mol. The van der Waals surface area contributed by atoms with Crippen molar-refractivity contribution in [2.24, 2.45) is 11.8 Å². The van der Waals surface area contributed by atoms with E-state index in [2.05, 4.69) is 13.8 Å². The van der Waals surface area contributed by atoms with Crippen molar-refractivity contribution in [3.8, 4) is 11.5 Å². The van der Waals surface area contributed by atoms with Gasteiger partial charge in [0, 0.05) is 12.1 Å². The Morgan fingerprint density at radius 3 is 2.46 bits per heavy atom. The summed E-state index contributed by atoms with van der Waals surface area (Å²) in [5, 5.41) is 8.45. The monoisotopic (exact) mass is 387 g/mol. The van der Waals surface area contributed by atoms with E-state index in [1.165, 1.54) is 7.11 Å². The van der Waals surface area contributed by atoms with Crippen LogP contribution in [0.15, 0.2) is 23.8 Å². The van der Waals surface area contributed by atoms with Gasteiger partial charge in [-0.15, -0.1) is 0 Å². The minimum Gasteiger partial charge on any atom is -0.490 e. The first kappa shape index (κ1) is 22.0. The second-order valence-electron chi connectivity index (χ2n) is 7.69. The van der Waals surface area contributed by atoms with E-state index in [9.17, 15) is 4.79 Å². The SMILES string of the molecule is CCCC(C(=O)OC)C(C(C)=N)=C(CC(C)C)c1ccc2c(c1)OCCCO2. The van der Waals surface area contributed by atoms with E-state index in [4.69, 9.17) is 19.6 Å². The third-order valence-corrected chi connectivity index (χ3v) is 4.85. The van der Waals surface area contributed by atoms with Crippen molar-refractivity contribution in [2.45, 2.75) is 53.4 Å². The van der Waals surface area contributed by atoms with Crippen LogP contribution in [0.2, 0.25) is 0 Å². The van der Waals surface area contributed by atoms with Crippen LogP contribution in [0.25, 0.3) is 5.57 Å². The van der Waals surface area contributed by atoms with Crippen LogP contribution in [0.1, 0.15) is 58.9 Å². The Labute approximate surface area is 168 Å².